The van der Waals surface area contributed by atoms with Gasteiger partial charge in [0.1, 0.15) is 0 Å². The molecular formula is C23H19ClN2O4S. The highest BCUT2D eigenvalue weighted by Crippen LogP contribution is 2.40. The monoisotopic (exact) mass is 454 g/mol. The van der Waals surface area contributed by atoms with E-state index in [1.807, 2.05) is 36.4 Å². The van der Waals surface area contributed by atoms with Crippen LogP contribution in [0.4, 0.5) is 5.69 Å². The first kappa shape index (κ1) is 21.0. The van der Waals surface area contributed by atoms with Gasteiger partial charge in [0.2, 0.25) is 5.75 Å². The lowest BCUT2D eigenvalue weighted by molar-refractivity contribution is 0.102. The Kier molecular flexibility index (Phi) is 5.97. The molecule has 0 atom stereocenters. The molecule has 0 saturated heterocycles. The summed E-state index contributed by atoms with van der Waals surface area (Å²) < 4.78 is 16.8. The quantitative estimate of drug-likeness (QED) is 0.393. The lowest BCUT2D eigenvalue weighted by Crippen LogP contribution is -2.13. The third-order valence-corrected chi connectivity index (χ3v) is 5.96. The number of amides is 1. The number of hydrogen-bond donors (Lipinski definition) is 1. The molecule has 0 radical (unpaired) electrons. The number of rotatable bonds is 6. The largest absolute Gasteiger partial charge is 0.493 e. The third-order valence-electron chi connectivity index (χ3n) is 4.71. The van der Waals surface area contributed by atoms with Crippen molar-refractivity contribution < 1.29 is 19.0 Å². The van der Waals surface area contributed by atoms with Gasteiger partial charge in [0, 0.05) is 23.2 Å². The van der Waals surface area contributed by atoms with E-state index in [1.165, 1.54) is 32.7 Å². The molecule has 1 amide bonds. The highest BCUT2D eigenvalue weighted by Gasteiger charge is 2.18. The Labute approximate surface area is 188 Å². The number of para-hydroxylation sites is 1. The first-order chi connectivity index (χ1) is 15.0. The summed E-state index contributed by atoms with van der Waals surface area (Å²) in [5, 5.41) is 3.68. The van der Waals surface area contributed by atoms with E-state index in [0.717, 1.165) is 15.8 Å². The van der Waals surface area contributed by atoms with Gasteiger partial charge in [-0.15, -0.1) is 11.3 Å². The van der Waals surface area contributed by atoms with Crippen LogP contribution in [-0.2, 0) is 0 Å². The van der Waals surface area contributed by atoms with E-state index in [9.17, 15) is 4.79 Å². The van der Waals surface area contributed by atoms with Crippen LogP contribution < -0.4 is 19.5 Å². The number of fused-ring (bicyclic) bond motifs is 1. The normalized spacial score (nSPS) is 10.7. The Morgan fingerprint density at radius 2 is 1.68 bits per heavy atom. The average molecular weight is 455 g/mol. The second kappa shape index (κ2) is 8.83. The number of thiophene rings is 1. The molecule has 0 spiro atoms. The molecule has 8 heteroatoms. The van der Waals surface area contributed by atoms with Crippen LogP contribution in [0.15, 0.2) is 54.6 Å². The molecule has 6 nitrogen and oxygen atoms in total. The Bertz CT molecular complexity index is 1250. The van der Waals surface area contributed by atoms with Gasteiger partial charge in [-0.3, -0.25) is 4.79 Å². The van der Waals surface area contributed by atoms with Crippen molar-refractivity contribution in [2.45, 2.75) is 0 Å². The van der Waals surface area contributed by atoms with Crippen LogP contribution in [0.2, 0.25) is 4.34 Å². The van der Waals surface area contributed by atoms with E-state index in [0.29, 0.717) is 38.5 Å². The molecule has 0 fully saturated rings. The fourth-order valence-corrected chi connectivity index (χ4v) is 4.30. The van der Waals surface area contributed by atoms with Crippen molar-refractivity contribution in [1.29, 1.82) is 0 Å². The Morgan fingerprint density at radius 3 is 2.29 bits per heavy atom. The highest BCUT2D eigenvalue weighted by molar-refractivity contribution is 7.19. The summed E-state index contributed by atoms with van der Waals surface area (Å²) in [6.07, 6.45) is 0. The van der Waals surface area contributed by atoms with Gasteiger partial charge in [0.15, 0.2) is 11.5 Å². The molecule has 2 heterocycles. The zero-order valence-corrected chi connectivity index (χ0v) is 18.6. The fourth-order valence-electron chi connectivity index (χ4n) is 3.29. The van der Waals surface area contributed by atoms with Crippen LogP contribution in [-0.4, -0.2) is 32.2 Å². The molecule has 158 valence electrons. The van der Waals surface area contributed by atoms with E-state index >= 15 is 0 Å². The SMILES string of the molecule is COc1cc(NC(=O)c2cc(-c3ccc(Cl)s3)nc3ccccc23)cc(OC)c1OC. The van der Waals surface area contributed by atoms with E-state index in [4.69, 9.17) is 30.8 Å². The molecule has 31 heavy (non-hydrogen) atoms. The predicted octanol–water partition coefficient (Wildman–Crippen LogP) is 5.89. The average Bonchev–Trinajstić information content (AvgIpc) is 3.23. The minimum Gasteiger partial charge on any atom is -0.493 e. The van der Waals surface area contributed by atoms with Crippen molar-refractivity contribution in [1.82, 2.24) is 4.98 Å². The number of pyridine rings is 1. The summed E-state index contributed by atoms with van der Waals surface area (Å²) >= 11 is 7.51. The van der Waals surface area contributed by atoms with Crippen molar-refractivity contribution in [3.63, 3.8) is 0 Å². The molecule has 2 aromatic heterocycles. The molecule has 0 unspecified atom stereocenters. The smallest absolute Gasteiger partial charge is 0.256 e. The van der Waals surface area contributed by atoms with E-state index < -0.39 is 0 Å². The van der Waals surface area contributed by atoms with Crippen LogP contribution in [0.1, 0.15) is 10.4 Å². The third kappa shape index (κ3) is 4.15. The Morgan fingerprint density at radius 1 is 0.968 bits per heavy atom. The molecular weight excluding hydrogens is 436 g/mol. The van der Waals surface area contributed by atoms with E-state index in [2.05, 4.69) is 5.32 Å². The van der Waals surface area contributed by atoms with Crippen LogP contribution in [0.3, 0.4) is 0 Å². The van der Waals surface area contributed by atoms with Gasteiger partial charge in [-0.1, -0.05) is 29.8 Å². The van der Waals surface area contributed by atoms with Crippen LogP contribution in [0.5, 0.6) is 17.2 Å². The van der Waals surface area contributed by atoms with Crippen molar-refractivity contribution in [3.8, 4) is 27.8 Å². The lowest BCUT2D eigenvalue weighted by Gasteiger charge is -2.15. The number of nitrogens with one attached hydrogen (secondary N) is 1. The number of aromatic nitrogens is 1. The van der Waals surface area contributed by atoms with Gasteiger partial charge in [-0.05, 0) is 24.3 Å². The zero-order valence-electron chi connectivity index (χ0n) is 17.1. The second-order valence-electron chi connectivity index (χ2n) is 6.54. The number of carbonyl (C=O) groups is 1. The number of methoxy groups -OCH3 is 3. The second-order valence-corrected chi connectivity index (χ2v) is 8.26. The van der Waals surface area contributed by atoms with Crippen molar-refractivity contribution in [2.24, 2.45) is 0 Å². The molecule has 0 aliphatic heterocycles. The molecule has 0 saturated carbocycles. The molecule has 0 aliphatic rings. The number of anilines is 1. The molecule has 0 bridgehead atoms. The number of halogens is 1. The molecule has 4 rings (SSSR count). The number of nitrogens with zero attached hydrogens (tertiary/aromatic N) is 1. The maximum absolute atomic E-state index is 13.3. The summed E-state index contributed by atoms with van der Waals surface area (Å²) in [5.74, 6) is 1.07. The Balaban J connectivity index is 1.77. The topological polar surface area (TPSA) is 69.7 Å². The number of benzene rings is 2. The predicted molar refractivity (Wildman–Crippen MR) is 124 cm³/mol. The highest BCUT2D eigenvalue weighted by atomic mass is 35.5. The van der Waals surface area contributed by atoms with Gasteiger partial charge in [0.25, 0.3) is 5.91 Å². The molecule has 1 N–H and O–H groups in total. The minimum absolute atomic E-state index is 0.281. The molecule has 2 aromatic carbocycles. The summed E-state index contributed by atoms with van der Waals surface area (Å²) in [5.41, 5.74) is 2.42. The first-order valence-electron chi connectivity index (χ1n) is 9.31. The Hall–Kier alpha value is -3.29. The number of ether oxygens (including phenoxy) is 3. The summed E-state index contributed by atoms with van der Waals surface area (Å²) in [6.45, 7) is 0. The van der Waals surface area contributed by atoms with Gasteiger partial charge >= 0.3 is 0 Å². The summed E-state index contributed by atoms with van der Waals surface area (Å²) in [6, 6.07) is 16.4. The standard InChI is InChI=1S/C23H19ClN2O4S/c1-28-18-10-13(11-19(29-2)22(18)30-3)25-23(27)15-12-17(20-8-9-21(24)31-20)26-16-7-5-4-6-14(15)16/h4-12H,1-3H3,(H,25,27). The first-order valence-corrected chi connectivity index (χ1v) is 10.5. The van der Waals surface area contributed by atoms with E-state index in [1.54, 1.807) is 18.2 Å². The lowest BCUT2D eigenvalue weighted by atomic mass is 10.1. The van der Waals surface area contributed by atoms with Crippen LogP contribution in [0.25, 0.3) is 21.5 Å². The number of carbonyl (C=O) groups excluding carboxylic acids is 1. The fraction of sp³-hybridized carbons (Fsp3) is 0.130. The van der Waals surface area contributed by atoms with E-state index in [-0.39, 0.29) is 5.91 Å². The summed E-state index contributed by atoms with van der Waals surface area (Å²) in [4.78, 5) is 18.9. The zero-order chi connectivity index (χ0) is 22.0. The van der Waals surface area contributed by atoms with Crippen LogP contribution >= 0.6 is 22.9 Å². The van der Waals surface area contributed by atoms with Gasteiger partial charge in [-0.2, -0.15) is 0 Å². The van der Waals surface area contributed by atoms with Gasteiger partial charge < -0.3 is 19.5 Å². The van der Waals surface area contributed by atoms with Crippen molar-refractivity contribution in [2.75, 3.05) is 26.6 Å². The van der Waals surface area contributed by atoms with Crippen molar-refractivity contribution >= 4 is 45.4 Å². The van der Waals surface area contributed by atoms with Crippen LogP contribution in [0, 0.1) is 0 Å². The number of hydrogen-bond acceptors (Lipinski definition) is 6. The minimum atomic E-state index is -0.281. The maximum Gasteiger partial charge on any atom is 0.256 e. The molecule has 4 aromatic rings. The van der Waals surface area contributed by atoms with Crippen molar-refractivity contribution in [3.05, 3.63) is 64.5 Å². The van der Waals surface area contributed by atoms with Gasteiger partial charge in [0.05, 0.1) is 47.3 Å². The maximum atomic E-state index is 13.3. The van der Waals surface area contributed by atoms with Gasteiger partial charge in [-0.25, -0.2) is 4.98 Å². The molecule has 0 aliphatic carbocycles. The summed E-state index contributed by atoms with van der Waals surface area (Å²) in [7, 11) is 4.58.